The van der Waals surface area contributed by atoms with Gasteiger partial charge in [0.15, 0.2) is 6.61 Å². The number of carbonyl (C=O) groups is 4. The van der Waals surface area contributed by atoms with Crippen molar-refractivity contribution >= 4 is 78.4 Å². The molecule has 1 saturated heterocycles. The second kappa shape index (κ2) is 12.9. The van der Waals surface area contributed by atoms with Gasteiger partial charge in [-0.2, -0.15) is 0 Å². The van der Waals surface area contributed by atoms with Crippen LogP contribution in [-0.4, -0.2) is 65.0 Å². The fourth-order valence-corrected chi connectivity index (χ4v) is 12.2. The third-order valence-electron chi connectivity index (χ3n) is 10.2. The van der Waals surface area contributed by atoms with Crippen molar-refractivity contribution in [3.63, 3.8) is 0 Å². The first-order chi connectivity index (χ1) is 23.6. The van der Waals surface area contributed by atoms with E-state index >= 15 is 0 Å². The minimum atomic E-state index is -3.89. The van der Waals surface area contributed by atoms with Crippen molar-refractivity contribution in [2.24, 2.45) is 40.6 Å². The van der Waals surface area contributed by atoms with Crippen LogP contribution in [-0.2, 0) is 29.2 Å². The summed E-state index contributed by atoms with van der Waals surface area (Å²) in [7, 11) is -3.89. The zero-order chi connectivity index (χ0) is 35.8. The van der Waals surface area contributed by atoms with Crippen molar-refractivity contribution in [1.82, 2.24) is 9.88 Å². The number of anilines is 1. The predicted octanol–water partition coefficient (Wildman–Crippen LogP) is 3.84. The third kappa shape index (κ3) is 5.99. The van der Waals surface area contributed by atoms with Crippen LogP contribution >= 0.6 is 39.0 Å². The number of carboxylic acid groups (broad SMARTS) is 1. The van der Waals surface area contributed by atoms with Gasteiger partial charge in [-0.25, -0.2) is 18.4 Å². The van der Waals surface area contributed by atoms with Crippen LogP contribution < -0.4 is 20.1 Å². The molecular formula is C33H33BrN4O9S3. The van der Waals surface area contributed by atoms with Gasteiger partial charge in [0.2, 0.25) is 21.8 Å². The number of fused-ring (bicyclic) bond motifs is 9. The van der Waals surface area contributed by atoms with Crippen LogP contribution in [0.3, 0.4) is 0 Å². The number of halogens is 1. The van der Waals surface area contributed by atoms with Gasteiger partial charge in [-0.05, 0) is 79.0 Å². The van der Waals surface area contributed by atoms with Gasteiger partial charge in [-0.3, -0.25) is 24.1 Å². The number of sulfonamides is 1. The first-order valence-corrected chi connectivity index (χ1v) is 20.0. The van der Waals surface area contributed by atoms with Crippen LogP contribution in [0.25, 0.3) is 0 Å². The lowest BCUT2D eigenvalue weighted by molar-refractivity contribution is -0.156. The van der Waals surface area contributed by atoms with Gasteiger partial charge >= 0.3 is 10.8 Å². The zero-order valence-electron chi connectivity index (χ0n) is 26.7. The Morgan fingerprint density at radius 3 is 2.42 bits per heavy atom. The number of hydrogen-bond donors (Lipinski definition) is 4. The van der Waals surface area contributed by atoms with E-state index < -0.39 is 57.5 Å². The number of thioether (sulfide) groups is 1. The van der Waals surface area contributed by atoms with Crippen molar-refractivity contribution in [1.29, 1.82) is 0 Å². The van der Waals surface area contributed by atoms with Gasteiger partial charge in [-0.15, -0.1) is 11.8 Å². The summed E-state index contributed by atoms with van der Waals surface area (Å²) in [6.07, 6.45) is 0.787. The molecule has 4 aliphatic rings. The van der Waals surface area contributed by atoms with E-state index in [0.29, 0.717) is 28.4 Å². The number of rotatable bonds is 10. The molecule has 3 fully saturated rings. The first-order valence-electron chi connectivity index (χ1n) is 16.0. The van der Waals surface area contributed by atoms with E-state index in [4.69, 9.17) is 9.88 Å². The molecule has 2 bridgehead atoms. The zero-order valence-corrected chi connectivity index (χ0v) is 30.7. The van der Waals surface area contributed by atoms with Crippen molar-refractivity contribution in [3.8, 4) is 5.75 Å². The third-order valence-corrected chi connectivity index (χ3v) is 14.2. The number of likely N-dealkylation sites (tertiary alicyclic amines) is 1. The van der Waals surface area contributed by atoms with E-state index in [2.05, 4.69) is 26.2 Å². The van der Waals surface area contributed by atoms with Gasteiger partial charge in [0.05, 0.1) is 21.8 Å². The smallest absolute Gasteiger partial charge is 0.326 e. The van der Waals surface area contributed by atoms with Crippen molar-refractivity contribution in [3.05, 3.63) is 67.0 Å². The minimum Gasteiger partial charge on any atom is -0.483 e. The Bertz CT molecular complexity index is 2080. The Kier molecular flexibility index (Phi) is 9.02. The van der Waals surface area contributed by atoms with E-state index in [-0.39, 0.29) is 51.7 Å². The molecular weight excluding hydrogens is 772 g/mol. The Hall–Kier alpha value is -3.51. The normalized spacial score (nSPS) is 27.2. The molecule has 13 nitrogen and oxygen atoms in total. The summed E-state index contributed by atoms with van der Waals surface area (Å²) < 4.78 is 30.0. The van der Waals surface area contributed by atoms with E-state index in [9.17, 15) is 37.5 Å². The second-order valence-corrected chi connectivity index (χ2v) is 18.3. The number of primary sulfonamides is 1. The number of hydrogen-bond acceptors (Lipinski definition) is 10. The molecule has 1 aromatic heterocycles. The van der Waals surface area contributed by atoms with Gasteiger partial charge in [-0.1, -0.05) is 41.1 Å². The maximum atomic E-state index is 14.1. The molecule has 3 heterocycles. The summed E-state index contributed by atoms with van der Waals surface area (Å²) in [6, 6.07) is 9.54. The highest BCUT2D eigenvalue weighted by Gasteiger charge is 2.70. The van der Waals surface area contributed by atoms with Crippen LogP contribution in [0.2, 0.25) is 0 Å². The molecule has 50 heavy (non-hydrogen) atoms. The highest BCUT2D eigenvalue weighted by Crippen LogP contribution is 2.69. The quantitative estimate of drug-likeness (QED) is 0.218. The molecule has 17 heteroatoms. The highest BCUT2D eigenvalue weighted by atomic mass is 79.9. The second-order valence-electron chi connectivity index (χ2n) is 13.6. The Balaban J connectivity index is 1.20. The molecule has 0 spiro atoms. The van der Waals surface area contributed by atoms with Gasteiger partial charge in [0.25, 0.3) is 5.91 Å². The average Bonchev–Trinajstić information content (AvgIpc) is 3.78. The summed E-state index contributed by atoms with van der Waals surface area (Å²) >= 11 is 6.16. The van der Waals surface area contributed by atoms with Gasteiger partial charge in [0.1, 0.15) is 11.8 Å². The molecule has 2 saturated carbocycles. The first kappa shape index (κ1) is 34.9. The number of imide groups is 1. The molecule has 7 rings (SSSR count). The van der Waals surface area contributed by atoms with Gasteiger partial charge < -0.3 is 20.1 Å². The van der Waals surface area contributed by atoms with Crippen LogP contribution in [0.15, 0.2) is 61.7 Å². The van der Waals surface area contributed by atoms with Crippen LogP contribution in [0, 0.1) is 35.5 Å². The number of carboxylic acids is 1. The summed E-state index contributed by atoms with van der Waals surface area (Å²) in [5.74, 6) is -4.53. The molecule has 2 aliphatic carbocycles. The number of aromatic amines is 1. The van der Waals surface area contributed by atoms with Crippen LogP contribution in [0.4, 0.5) is 5.69 Å². The number of amides is 3. The molecule has 3 aromatic rings. The Morgan fingerprint density at radius 1 is 1.10 bits per heavy atom. The highest BCUT2D eigenvalue weighted by molar-refractivity contribution is 9.10. The SMILES string of the molecule is CC(C)CC(C(=O)O)N1C(=O)C2C3CC(C2C1=O)C1C3Sc2[nH]c(=O)sc2[C@@H]1c1cc(Br)ccc1OCC(=O)Nc1ccc(S(N)(=O)=O)cc1. The van der Waals surface area contributed by atoms with Crippen LogP contribution in [0.1, 0.15) is 43.0 Å². The molecule has 264 valence electrons. The fraction of sp³-hybridized carbons (Fsp3) is 0.424. The van der Waals surface area contributed by atoms with E-state index in [0.717, 1.165) is 25.6 Å². The summed E-state index contributed by atoms with van der Waals surface area (Å²) in [6.45, 7) is 3.33. The van der Waals surface area contributed by atoms with Crippen molar-refractivity contribution in [2.45, 2.75) is 53.8 Å². The van der Waals surface area contributed by atoms with Gasteiger partial charge in [0, 0.05) is 31.8 Å². The summed E-state index contributed by atoms with van der Waals surface area (Å²) in [5, 5.41) is 18.4. The standard InChI is InChI=1S/C33H33BrN4O9S3/c1-13(2)9-20(32(42)43)38-30(40)25-18-11-19(26(25)31(38)41)27-24(18)23(28-29(48-27)37-33(44)49-28)17-10-14(34)3-8-21(17)47-12-22(39)36-15-4-6-16(7-5-15)50(35,45)46/h3-8,10,13,18-20,23-27H,9,11-12H2,1-2H3,(H,36,39)(H,37,44)(H,42,43)(H2,35,45,46)/t18?,19?,20?,23-,24?,25?,26?,27?/m1/s1. The lowest BCUT2D eigenvalue weighted by Crippen LogP contribution is -2.47. The molecule has 3 amide bonds. The van der Waals surface area contributed by atoms with Crippen molar-refractivity contribution < 1.29 is 37.4 Å². The topological polar surface area (TPSA) is 206 Å². The predicted molar refractivity (Wildman–Crippen MR) is 187 cm³/mol. The Morgan fingerprint density at radius 2 is 1.78 bits per heavy atom. The molecule has 2 aliphatic heterocycles. The summed E-state index contributed by atoms with van der Waals surface area (Å²) in [5.41, 5.74) is 1.05. The van der Waals surface area contributed by atoms with E-state index in [1.54, 1.807) is 12.1 Å². The lowest BCUT2D eigenvalue weighted by atomic mass is 9.68. The number of aliphatic carboxylic acids is 1. The number of nitrogens with one attached hydrogen (secondary N) is 2. The number of benzene rings is 2. The maximum Gasteiger partial charge on any atom is 0.326 e. The molecule has 8 atom stereocenters. The fourth-order valence-electron chi connectivity index (χ4n) is 8.42. The van der Waals surface area contributed by atoms with Crippen molar-refractivity contribution in [2.75, 3.05) is 11.9 Å². The average molecular weight is 806 g/mol. The number of ether oxygens (including phenoxy) is 1. The Labute approximate surface area is 303 Å². The monoisotopic (exact) mass is 804 g/mol. The molecule has 7 unspecified atom stereocenters. The number of thiazole rings is 1. The van der Waals surface area contributed by atoms with Crippen LogP contribution in [0.5, 0.6) is 5.75 Å². The molecule has 5 N–H and O–H groups in total. The number of H-pyrrole nitrogens is 1. The molecule has 0 radical (unpaired) electrons. The number of nitrogens with two attached hydrogens (primary N) is 1. The summed E-state index contributed by atoms with van der Waals surface area (Å²) in [4.78, 5) is 70.4. The number of carbonyl (C=O) groups excluding carboxylic acids is 3. The lowest BCUT2D eigenvalue weighted by Gasteiger charge is -2.43. The number of nitrogens with zero attached hydrogens (tertiary/aromatic N) is 1. The van der Waals surface area contributed by atoms with E-state index in [1.165, 1.54) is 36.0 Å². The maximum absolute atomic E-state index is 14.1. The minimum absolute atomic E-state index is 0.0447. The number of aromatic nitrogens is 1. The van der Waals surface area contributed by atoms with E-state index in [1.807, 2.05) is 19.9 Å². The molecule has 2 aromatic carbocycles. The largest absolute Gasteiger partial charge is 0.483 e.